The van der Waals surface area contributed by atoms with Crippen LogP contribution < -0.4 is 10.6 Å². The highest BCUT2D eigenvalue weighted by Gasteiger charge is 2.20. The van der Waals surface area contributed by atoms with Gasteiger partial charge in [0.15, 0.2) is 0 Å². The van der Waals surface area contributed by atoms with Gasteiger partial charge in [0.1, 0.15) is 17.1 Å². The molecule has 0 aliphatic heterocycles. The van der Waals surface area contributed by atoms with Gasteiger partial charge in [0, 0.05) is 10.6 Å². The van der Waals surface area contributed by atoms with E-state index < -0.39 is 0 Å². The number of carbonyl (C=O) groups is 1. The number of nitrogens with one attached hydrogen (secondary N) is 2. The summed E-state index contributed by atoms with van der Waals surface area (Å²) in [6.07, 6.45) is 5.29. The second-order valence-corrected chi connectivity index (χ2v) is 7.60. The number of hydrogen-bond acceptors (Lipinski definition) is 5. The minimum Gasteiger partial charge on any atom is -0.376 e. The lowest BCUT2D eigenvalue weighted by Gasteiger charge is -2.08. The number of fused-ring (bicyclic) bond motifs is 1. The van der Waals surface area contributed by atoms with Gasteiger partial charge in [-0.15, -0.1) is 11.3 Å². The highest BCUT2D eigenvalue weighted by atomic mass is 35.5. The largest absolute Gasteiger partial charge is 0.376 e. The highest BCUT2D eigenvalue weighted by molar-refractivity contribution is 7.16. The van der Waals surface area contributed by atoms with Crippen LogP contribution in [-0.2, 0) is 17.6 Å². The summed E-state index contributed by atoms with van der Waals surface area (Å²) in [6, 6.07) is 9.19. The van der Waals surface area contributed by atoms with Crippen LogP contribution >= 0.6 is 22.9 Å². The molecule has 5 nitrogen and oxygen atoms in total. The Morgan fingerprint density at radius 3 is 2.77 bits per heavy atom. The van der Waals surface area contributed by atoms with Crippen LogP contribution in [0, 0.1) is 22.7 Å². The maximum absolute atomic E-state index is 12.3. The van der Waals surface area contributed by atoms with E-state index in [2.05, 4.69) is 16.7 Å². The Morgan fingerprint density at radius 1 is 1.19 bits per heavy atom. The Balaban J connectivity index is 1.67. The number of carbonyl (C=O) groups excluding carboxylic acids is 1. The van der Waals surface area contributed by atoms with E-state index in [1.165, 1.54) is 22.6 Å². The monoisotopic (exact) mass is 384 g/mol. The predicted molar refractivity (Wildman–Crippen MR) is 104 cm³/mol. The van der Waals surface area contributed by atoms with Gasteiger partial charge in [0.05, 0.1) is 22.7 Å². The predicted octanol–water partition coefficient (Wildman–Crippen LogP) is 4.46. The van der Waals surface area contributed by atoms with Crippen molar-refractivity contribution >= 4 is 39.5 Å². The zero-order valence-electron chi connectivity index (χ0n) is 14.1. The Morgan fingerprint density at radius 2 is 2.00 bits per heavy atom. The normalized spacial score (nSPS) is 13.0. The molecule has 0 saturated heterocycles. The number of nitriles is 2. The molecule has 1 amide bonds. The Hall–Kier alpha value is -2.54. The molecule has 0 unspecified atom stereocenters. The van der Waals surface area contributed by atoms with E-state index in [1.54, 1.807) is 18.2 Å². The zero-order chi connectivity index (χ0) is 18.5. The topological polar surface area (TPSA) is 88.7 Å². The molecule has 3 rings (SSSR count). The minimum atomic E-state index is -0.230. The van der Waals surface area contributed by atoms with E-state index in [0.717, 1.165) is 31.2 Å². The Labute approximate surface area is 161 Å². The molecular formula is C19H17ClN4OS. The lowest BCUT2D eigenvalue weighted by molar-refractivity contribution is -0.114. The molecule has 0 atom stereocenters. The van der Waals surface area contributed by atoms with Crippen LogP contribution in [0.5, 0.6) is 0 Å². The first kappa shape index (κ1) is 18.3. The van der Waals surface area contributed by atoms with Crippen molar-refractivity contribution in [1.82, 2.24) is 0 Å². The molecule has 132 valence electrons. The number of hydrogen-bond donors (Lipinski definition) is 2. The van der Waals surface area contributed by atoms with Crippen LogP contribution in [-0.4, -0.2) is 12.5 Å². The quantitative estimate of drug-likeness (QED) is 0.761. The molecule has 1 heterocycles. The third-order valence-electron chi connectivity index (χ3n) is 4.33. The molecule has 0 bridgehead atoms. The van der Waals surface area contributed by atoms with E-state index in [1.807, 2.05) is 6.07 Å². The molecule has 2 N–H and O–H groups in total. The fourth-order valence-electron chi connectivity index (χ4n) is 3.02. The first-order valence-corrected chi connectivity index (χ1v) is 9.60. The summed E-state index contributed by atoms with van der Waals surface area (Å²) in [5.74, 6) is -0.230. The van der Waals surface area contributed by atoms with Gasteiger partial charge in [0.25, 0.3) is 0 Å². The first-order valence-electron chi connectivity index (χ1n) is 8.40. The van der Waals surface area contributed by atoms with Gasteiger partial charge >= 0.3 is 0 Å². The number of benzene rings is 1. The molecule has 1 aromatic heterocycles. The SMILES string of the molecule is N#Cc1cc(NCC(=O)Nc2sc3c(c2C#N)CCCCC3)ccc1Cl. The molecule has 0 saturated carbocycles. The summed E-state index contributed by atoms with van der Waals surface area (Å²) in [5.41, 5.74) is 2.71. The van der Waals surface area contributed by atoms with Crippen molar-refractivity contribution in [3.63, 3.8) is 0 Å². The number of rotatable bonds is 4. The van der Waals surface area contributed by atoms with E-state index in [9.17, 15) is 10.1 Å². The number of nitrogens with zero attached hydrogens (tertiary/aromatic N) is 2. The van der Waals surface area contributed by atoms with Gasteiger partial charge in [-0.25, -0.2) is 0 Å². The van der Waals surface area contributed by atoms with Crippen LogP contribution in [0.4, 0.5) is 10.7 Å². The number of anilines is 2. The smallest absolute Gasteiger partial charge is 0.244 e. The lowest BCUT2D eigenvalue weighted by atomic mass is 10.1. The van der Waals surface area contributed by atoms with Gasteiger partial charge in [-0.3, -0.25) is 4.79 Å². The molecule has 2 aromatic rings. The fraction of sp³-hybridized carbons (Fsp3) is 0.316. The number of aryl methyl sites for hydroxylation is 1. The Kier molecular flexibility index (Phi) is 5.78. The van der Waals surface area contributed by atoms with Gasteiger partial charge in [-0.1, -0.05) is 18.0 Å². The summed E-state index contributed by atoms with van der Waals surface area (Å²) >= 11 is 7.42. The van der Waals surface area contributed by atoms with E-state index >= 15 is 0 Å². The van der Waals surface area contributed by atoms with Crippen LogP contribution in [0.15, 0.2) is 18.2 Å². The average molecular weight is 385 g/mol. The first-order chi connectivity index (χ1) is 12.6. The summed E-state index contributed by atoms with van der Waals surface area (Å²) < 4.78 is 0. The summed E-state index contributed by atoms with van der Waals surface area (Å²) in [5, 5.41) is 25.4. The maximum atomic E-state index is 12.3. The van der Waals surface area contributed by atoms with Gasteiger partial charge in [-0.05, 0) is 49.4 Å². The fourth-order valence-corrected chi connectivity index (χ4v) is 4.44. The van der Waals surface area contributed by atoms with Crippen molar-refractivity contribution < 1.29 is 4.79 Å². The van der Waals surface area contributed by atoms with Gasteiger partial charge in [0.2, 0.25) is 5.91 Å². The molecule has 0 radical (unpaired) electrons. The number of thiophene rings is 1. The second-order valence-electron chi connectivity index (χ2n) is 6.09. The number of halogens is 1. The maximum Gasteiger partial charge on any atom is 0.244 e. The van der Waals surface area contributed by atoms with Crippen molar-refractivity contribution in [2.45, 2.75) is 32.1 Å². The van der Waals surface area contributed by atoms with Crippen molar-refractivity contribution in [3.05, 3.63) is 44.8 Å². The van der Waals surface area contributed by atoms with Crippen molar-refractivity contribution in [2.75, 3.05) is 17.2 Å². The van der Waals surface area contributed by atoms with E-state index in [4.69, 9.17) is 16.9 Å². The Bertz CT molecular complexity index is 923. The van der Waals surface area contributed by atoms with Gasteiger partial charge < -0.3 is 10.6 Å². The molecule has 1 aliphatic carbocycles. The van der Waals surface area contributed by atoms with Crippen LogP contribution in [0.3, 0.4) is 0 Å². The van der Waals surface area contributed by atoms with E-state index in [-0.39, 0.29) is 12.5 Å². The molecular weight excluding hydrogens is 368 g/mol. The van der Waals surface area contributed by atoms with Crippen molar-refractivity contribution in [1.29, 1.82) is 10.5 Å². The molecule has 0 spiro atoms. The molecule has 7 heteroatoms. The van der Waals surface area contributed by atoms with E-state index in [0.29, 0.717) is 26.8 Å². The molecule has 26 heavy (non-hydrogen) atoms. The van der Waals surface area contributed by atoms with Gasteiger partial charge in [-0.2, -0.15) is 10.5 Å². The third kappa shape index (κ3) is 3.99. The summed E-state index contributed by atoms with van der Waals surface area (Å²) in [4.78, 5) is 13.5. The zero-order valence-corrected chi connectivity index (χ0v) is 15.6. The highest BCUT2D eigenvalue weighted by Crippen LogP contribution is 2.36. The molecule has 1 aliphatic rings. The minimum absolute atomic E-state index is 0.0416. The molecule has 0 fully saturated rings. The van der Waals surface area contributed by atoms with Crippen molar-refractivity contribution in [3.8, 4) is 12.1 Å². The van der Waals surface area contributed by atoms with Crippen LogP contribution in [0.2, 0.25) is 5.02 Å². The van der Waals surface area contributed by atoms with Crippen LogP contribution in [0.1, 0.15) is 40.8 Å². The molecule has 1 aromatic carbocycles. The van der Waals surface area contributed by atoms with Crippen LogP contribution in [0.25, 0.3) is 0 Å². The third-order valence-corrected chi connectivity index (χ3v) is 5.86. The summed E-state index contributed by atoms with van der Waals surface area (Å²) in [6.45, 7) is 0.0416. The standard InChI is InChI=1S/C19H17ClN4OS/c20-16-7-6-13(8-12(16)9-21)23-11-18(25)24-19-15(10-22)14-4-2-1-3-5-17(14)26-19/h6-8,23H,1-5,11H2,(H,24,25). The second kappa shape index (κ2) is 8.23. The average Bonchev–Trinajstić information content (AvgIpc) is 2.80. The summed E-state index contributed by atoms with van der Waals surface area (Å²) in [7, 11) is 0. The van der Waals surface area contributed by atoms with Crippen molar-refractivity contribution in [2.24, 2.45) is 0 Å². The number of amides is 1. The lowest BCUT2D eigenvalue weighted by Crippen LogP contribution is -2.21.